The van der Waals surface area contributed by atoms with Crippen molar-refractivity contribution in [2.75, 3.05) is 0 Å². The van der Waals surface area contributed by atoms with Gasteiger partial charge in [-0.05, 0) is 18.4 Å². The Morgan fingerprint density at radius 1 is 0.579 bits per heavy atom. The molecule has 0 aliphatic heterocycles. The number of rotatable bonds is 12. The number of benzene rings is 1. The summed E-state index contributed by atoms with van der Waals surface area (Å²) in [6.45, 7) is 2.29. The first kappa shape index (κ1) is 16.3. The van der Waals surface area contributed by atoms with Crippen LogP contribution in [0, 0.1) is 0 Å². The van der Waals surface area contributed by atoms with Crippen LogP contribution in [0.4, 0.5) is 0 Å². The van der Waals surface area contributed by atoms with Crippen LogP contribution in [-0.2, 0) is 6.42 Å². The first-order valence-corrected chi connectivity index (χ1v) is 8.47. The molecule has 0 atom stereocenters. The lowest BCUT2D eigenvalue weighted by Gasteiger charge is -2.03. The highest BCUT2D eigenvalue weighted by molar-refractivity contribution is 5.14. The Labute approximate surface area is 120 Å². The van der Waals surface area contributed by atoms with E-state index in [0.29, 0.717) is 0 Å². The Morgan fingerprint density at radius 3 is 1.58 bits per heavy atom. The quantitative estimate of drug-likeness (QED) is 0.374. The number of hydrogen-bond donors (Lipinski definition) is 0. The molecule has 0 N–H and O–H groups in total. The Kier molecular flexibility index (Phi) is 10.5. The molecule has 0 unspecified atom stereocenters. The van der Waals surface area contributed by atoms with Crippen molar-refractivity contribution in [2.45, 2.75) is 84.0 Å². The monoisotopic (exact) mass is 260 g/mol. The fraction of sp³-hybridized carbons (Fsp3) is 0.684. The molecule has 0 nitrogen and oxygen atoms in total. The van der Waals surface area contributed by atoms with E-state index in [9.17, 15) is 0 Å². The molecule has 0 bridgehead atoms. The van der Waals surface area contributed by atoms with Crippen LogP contribution in [0.1, 0.15) is 83.1 Å². The zero-order valence-electron chi connectivity index (χ0n) is 12.9. The lowest BCUT2D eigenvalue weighted by Crippen LogP contribution is -1.86. The number of aryl methyl sites for hydroxylation is 1. The van der Waals surface area contributed by atoms with Gasteiger partial charge in [0.15, 0.2) is 0 Å². The predicted molar refractivity (Wildman–Crippen MR) is 86.6 cm³/mol. The van der Waals surface area contributed by atoms with Gasteiger partial charge in [0.1, 0.15) is 0 Å². The molecule has 108 valence electrons. The topological polar surface area (TPSA) is 0 Å². The molecule has 0 radical (unpaired) electrons. The summed E-state index contributed by atoms with van der Waals surface area (Å²) in [7, 11) is 0. The molecule has 0 saturated heterocycles. The normalized spacial score (nSPS) is 10.8. The van der Waals surface area contributed by atoms with Crippen molar-refractivity contribution in [1.82, 2.24) is 0 Å². The first-order chi connectivity index (χ1) is 9.43. The van der Waals surface area contributed by atoms with Gasteiger partial charge in [0.05, 0.1) is 0 Å². The second kappa shape index (κ2) is 12.3. The van der Waals surface area contributed by atoms with Gasteiger partial charge in [-0.3, -0.25) is 0 Å². The molecule has 1 aromatic rings. The van der Waals surface area contributed by atoms with Gasteiger partial charge >= 0.3 is 0 Å². The molecule has 0 heterocycles. The molecular formula is C19H32. The summed E-state index contributed by atoms with van der Waals surface area (Å²) in [5.41, 5.74) is 1.50. The molecule has 0 aromatic heterocycles. The van der Waals surface area contributed by atoms with Crippen molar-refractivity contribution in [3.8, 4) is 0 Å². The molecule has 0 fully saturated rings. The maximum absolute atomic E-state index is 2.29. The Balaban J connectivity index is 1.79. The summed E-state index contributed by atoms with van der Waals surface area (Å²) in [5, 5.41) is 0. The molecule has 0 heteroatoms. The third kappa shape index (κ3) is 9.76. The Bertz CT molecular complexity index is 275. The fourth-order valence-electron chi connectivity index (χ4n) is 2.64. The SMILES string of the molecule is CCCCCCCCCCCCCc1ccccc1. The second-order valence-corrected chi connectivity index (χ2v) is 5.77. The van der Waals surface area contributed by atoms with Gasteiger partial charge in [0.25, 0.3) is 0 Å². The van der Waals surface area contributed by atoms with Crippen LogP contribution < -0.4 is 0 Å². The van der Waals surface area contributed by atoms with E-state index in [4.69, 9.17) is 0 Å². The van der Waals surface area contributed by atoms with Crippen LogP contribution in [-0.4, -0.2) is 0 Å². The summed E-state index contributed by atoms with van der Waals surface area (Å²) < 4.78 is 0. The van der Waals surface area contributed by atoms with Crippen LogP contribution in [0.15, 0.2) is 30.3 Å². The van der Waals surface area contributed by atoms with Gasteiger partial charge in [-0.25, -0.2) is 0 Å². The lowest BCUT2D eigenvalue weighted by atomic mass is 10.0. The molecule has 1 rings (SSSR count). The Hall–Kier alpha value is -0.780. The maximum atomic E-state index is 2.29. The molecule has 0 spiro atoms. The molecule has 0 amide bonds. The van der Waals surface area contributed by atoms with Crippen LogP contribution >= 0.6 is 0 Å². The van der Waals surface area contributed by atoms with E-state index in [1.54, 1.807) is 0 Å². The highest BCUT2D eigenvalue weighted by Crippen LogP contribution is 2.12. The van der Waals surface area contributed by atoms with Crippen molar-refractivity contribution in [3.63, 3.8) is 0 Å². The lowest BCUT2D eigenvalue weighted by molar-refractivity contribution is 0.549. The minimum absolute atomic E-state index is 1.26. The van der Waals surface area contributed by atoms with Gasteiger partial charge in [-0.1, -0.05) is 101 Å². The van der Waals surface area contributed by atoms with Gasteiger partial charge in [0.2, 0.25) is 0 Å². The van der Waals surface area contributed by atoms with Crippen LogP contribution in [0.2, 0.25) is 0 Å². The summed E-state index contributed by atoms with van der Waals surface area (Å²) in [4.78, 5) is 0. The van der Waals surface area contributed by atoms with Crippen molar-refractivity contribution < 1.29 is 0 Å². The van der Waals surface area contributed by atoms with Crippen LogP contribution in [0.5, 0.6) is 0 Å². The first-order valence-electron chi connectivity index (χ1n) is 8.47. The molecule has 0 aliphatic carbocycles. The molecule has 0 saturated carbocycles. The largest absolute Gasteiger partial charge is 0.0654 e. The summed E-state index contributed by atoms with van der Waals surface area (Å²) in [5.74, 6) is 0. The van der Waals surface area contributed by atoms with Gasteiger partial charge in [0, 0.05) is 0 Å². The second-order valence-electron chi connectivity index (χ2n) is 5.77. The van der Waals surface area contributed by atoms with Crippen LogP contribution in [0.25, 0.3) is 0 Å². The zero-order valence-corrected chi connectivity index (χ0v) is 12.9. The molecule has 1 aromatic carbocycles. The third-order valence-corrected chi connectivity index (χ3v) is 3.91. The smallest absolute Gasteiger partial charge is 0.0279 e. The van der Waals surface area contributed by atoms with E-state index < -0.39 is 0 Å². The van der Waals surface area contributed by atoms with Gasteiger partial charge < -0.3 is 0 Å². The average molecular weight is 260 g/mol. The molecular weight excluding hydrogens is 228 g/mol. The van der Waals surface area contributed by atoms with Gasteiger partial charge in [-0.15, -0.1) is 0 Å². The average Bonchev–Trinajstić information content (AvgIpc) is 2.46. The third-order valence-electron chi connectivity index (χ3n) is 3.91. The minimum atomic E-state index is 1.26. The van der Waals surface area contributed by atoms with E-state index in [0.717, 1.165) is 0 Å². The minimum Gasteiger partial charge on any atom is -0.0654 e. The molecule has 0 aliphatic rings. The summed E-state index contributed by atoms with van der Waals surface area (Å²) in [6.07, 6.45) is 17.0. The highest BCUT2D eigenvalue weighted by Gasteiger charge is 1.94. The van der Waals surface area contributed by atoms with Crippen molar-refractivity contribution in [3.05, 3.63) is 35.9 Å². The van der Waals surface area contributed by atoms with E-state index in [1.807, 2.05) is 0 Å². The fourth-order valence-corrected chi connectivity index (χ4v) is 2.64. The van der Waals surface area contributed by atoms with E-state index in [-0.39, 0.29) is 0 Å². The van der Waals surface area contributed by atoms with E-state index in [2.05, 4.69) is 37.3 Å². The summed E-state index contributed by atoms with van der Waals surface area (Å²) in [6, 6.07) is 10.9. The standard InChI is InChI=1S/C19H32/c1-2-3-4-5-6-7-8-9-10-11-13-16-19-17-14-12-15-18-19/h12,14-15,17-18H,2-11,13,16H2,1H3. The molecule has 19 heavy (non-hydrogen) atoms. The number of hydrogen-bond acceptors (Lipinski definition) is 0. The Morgan fingerprint density at radius 2 is 1.05 bits per heavy atom. The number of unbranched alkanes of at least 4 members (excludes halogenated alkanes) is 10. The van der Waals surface area contributed by atoms with Crippen LogP contribution in [0.3, 0.4) is 0 Å². The van der Waals surface area contributed by atoms with Crippen molar-refractivity contribution in [2.24, 2.45) is 0 Å². The highest BCUT2D eigenvalue weighted by atomic mass is 14.0. The maximum Gasteiger partial charge on any atom is -0.0279 e. The summed E-state index contributed by atoms with van der Waals surface area (Å²) >= 11 is 0. The zero-order chi connectivity index (χ0) is 13.6. The van der Waals surface area contributed by atoms with E-state index >= 15 is 0 Å². The van der Waals surface area contributed by atoms with E-state index in [1.165, 1.54) is 82.6 Å². The van der Waals surface area contributed by atoms with Gasteiger partial charge in [-0.2, -0.15) is 0 Å². The van der Waals surface area contributed by atoms with Crippen molar-refractivity contribution >= 4 is 0 Å². The predicted octanol–water partition coefficient (Wildman–Crippen LogP) is 6.54. The van der Waals surface area contributed by atoms with Crippen molar-refractivity contribution in [1.29, 1.82) is 0 Å².